The van der Waals surface area contributed by atoms with Gasteiger partial charge in [0.15, 0.2) is 0 Å². The highest BCUT2D eigenvalue weighted by atomic mass is 79.9. The molecule has 0 bridgehead atoms. The molecule has 1 aliphatic rings. The Kier molecular flexibility index (Phi) is 4.71. The monoisotopic (exact) mass is 352 g/mol. The second-order valence-corrected chi connectivity index (χ2v) is 7.17. The maximum absolute atomic E-state index is 12.5. The molecule has 0 spiro atoms. The molecule has 0 atom stereocenters. The van der Waals surface area contributed by atoms with E-state index in [1.807, 2.05) is 54.8 Å². The van der Waals surface area contributed by atoms with Gasteiger partial charge in [0.05, 0.1) is 5.56 Å². The van der Waals surface area contributed by atoms with Crippen LogP contribution in [0.2, 0.25) is 0 Å². The summed E-state index contributed by atoms with van der Waals surface area (Å²) in [4.78, 5) is 28.4. The Hall–Kier alpha value is -1.36. The molecule has 1 heterocycles. The quantitative estimate of drug-likeness (QED) is 0.779. The van der Waals surface area contributed by atoms with Crippen molar-refractivity contribution in [2.75, 3.05) is 26.2 Å². The van der Waals surface area contributed by atoms with Crippen LogP contribution >= 0.6 is 15.9 Å². The van der Waals surface area contributed by atoms with Crippen molar-refractivity contribution in [1.29, 1.82) is 0 Å². The number of amides is 2. The number of carbonyl (C=O) groups excluding carboxylic acids is 2. The summed E-state index contributed by atoms with van der Waals surface area (Å²) in [7, 11) is 0. The molecule has 1 saturated heterocycles. The van der Waals surface area contributed by atoms with E-state index >= 15 is 0 Å². The lowest BCUT2D eigenvalue weighted by Crippen LogP contribution is -2.53. The van der Waals surface area contributed by atoms with Gasteiger partial charge in [-0.3, -0.25) is 9.59 Å². The van der Waals surface area contributed by atoms with Crippen molar-refractivity contribution in [3.63, 3.8) is 0 Å². The van der Waals surface area contributed by atoms with Crippen LogP contribution in [0.15, 0.2) is 28.7 Å². The zero-order valence-corrected chi connectivity index (χ0v) is 14.3. The summed E-state index contributed by atoms with van der Waals surface area (Å²) >= 11 is 3.41. The number of carbonyl (C=O) groups is 2. The standard InChI is InChI=1S/C16H21BrN2O2/c1-16(2,3)15(21)19-10-8-18(9-11-19)14(20)12-6-4-5-7-13(12)17/h4-7H,8-11H2,1-3H3. The Labute approximate surface area is 134 Å². The van der Waals surface area contributed by atoms with E-state index in [1.165, 1.54) is 0 Å². The number of hydrogen-bond acceptors (Lipinski definition) is 2. The van der Waals surface area contributed by atoms with Gasteiger partial charge in [-0.2, -0.15) is 0 Å². The Bertz CT molecular complexity index is 543. The molecule has 0 aliphatic carbocycles. The molecule has 21 heavy (non-hydrogen) atoms. The third-order valence-corrected chi connectivity index (χ3v) is 4.29. The summed E-state index contributed by atoms with van der Waals surface area (Å²) in [6.45, 7) is 8.15. The Morgan fingerprint density at radius 2 is 1.52 bits per heavy atom. The van der Waals surface area contributed by atoms with E-state index in [9.17, 15) is 9.59 Å². The molecule has 1 aromatic carbocycles. The van der Waals surface area contributed by atoms with Gasteiger partial charge in [-0.15, -0.1) is 0 Å². The minimum absolute atomic E-state index is 0.0188. The maximum Gasteiger partial charge on any atom is 0.255 e. The summed E-state index contributed by atoms with van der Waals surface area (Å²) in [6.07, 6.45) is 0. The van der Waals surface area contributed by atoms with Gasteiger partial charge < -0.3 is 9.80 Å². The first-order chi connectivity index (χ1) is 9.80. The van der Waals surface area contributed by atoms with Crippen LogP contribution in [0.3, 0.4) is 0 Å². The highest BCUT2D eigenvalue weighted by Crippen LogP contribution is 2.21. The Balaban J connectivity index is 2.00. The number of piperazine rings is 1. The van der Waals surface area contributed by atoms with Gasteiger partial charge >= 0.3 is 0 Å². The van der Waals surface area contributed by atoms with Crippen molar-refractivity contribution in [1.82, 2.24) is 9.80 Å². The molecule has 5 heteroatoms. The first kappa shape index (κ1) is 16.0. The van der Waals surface area contributed by atoms with E-state index in [-0.39, 0.29) is 17.2 Å². The lowest BCUT2D eigenvalue weighted by molar-refractivity contribution is -0.140. The summed E-state index contributed by atoms with van der Waals surface area (Å²) in [5, 5.41) is 0. The average Bonchev–Trinajstić information content (AvgIpc) is 2.45. The molecular formula is C16H21BrN2O2. The summed E-state index contributed by atoms with van der Waals surface area (Å²) in [6, 6.07) is 7.43. The third-order valence-electron chi connectivity index (χ3n) is 3.60. The van der Waals surface area contributed by atoms with Gasteiger partial charge in [0.1, 0.15) is 0 Å². The minimum Gasteiger partial charge on any atom is -0.339 e. The number of hydrogen-bond donors (Lipinski definition) is 0. The predicted molar refractivity (Wildman–Crippen MR) is 86.1 cm³/mol. The average molecular weight is 353 g/mol. The third kappa shape index (κ3) is 3.64. The van der Waals surface area contributed by atoms with Crippen molar-refractivity contribution >= 4 is 27.7 Å². The Morgan fingerprint density at radius 1 is 1.00 bits per heavy atom. The number of benzene rings is 1. The molecule has 4 nitrogen and oxygen atoms in total. The van der Waals surface area contributed by atoms with Crippen LogP contribution in [-0.2, 0) is 4.79 Å². The molecule has 1 fully saturated rings. The maximum atomic E-state index is 12.5. The zero-order chi connectivity index (χ0) is 15.6. The molecule has 0 radical (unpaired) electrons. The van der Waals surface area contributed by atoms with E-state index in [2.05, 4.69) is 15.9 Å². The minimum atomic E-state index is -0.366. The summed E-state index contributed by atoms with van der Waals surface area (Å²) in [5.74, 6) is 0.167. The largest absolute Gasteiger partial charge is 0.339 e. The van der Waals surface area contributed by atoms with E-state index < -0.39 is 0 Å². The highest BCUT2D eigenvalue weighted by molar-refractivity contribution is 9.10. The molecule has 0 aromatic heterocycles. The van der Waals surface area contributed by atoms with Crippen LogP contribution in [0, 0.1) is 5.41 Å². The molecule has 0 unspecified atom stereocenters. The van der Waals surface area contributed by atoms with E-state index in [4.69, 9.17) is 0 Å². The van der Waals surface area contributed by atoms with Crippen LogP contribution in [0.5, 0.6) is 0 Å². The fourth-order valence-corrected chi connectivity index (χ4v) is 2.85. The van der Waals surface area contributed by atoms with Crippen LogP contribution in [-0.4, -0.2) is 47.8 Å². The van der Waals surface area contributed by atoms with Crippen LogP contribution < -0.4 is 0 Å². The van der Waals surface area contributed by atoms with E-state index in [0.29, 0.717) is 31.7 Å². The molecule has 2 amide bonds. The second kappa shape index (κ2) is 6.18. The molecule has 1 aromatic rings. The van der Waals surface area contributed by atoms with Crippen LogP contribution in [0.25, 0.3) is 0 Å². The lowest BCUT2D eigenvalue weighted by Gasteiger charge is -2.37. The smallest absolute Gasteiger partial charge is 0.255 e. The normalized spacial score (nSPS) is 16.0. The van der Waals surface area contributed by atoms with Crippen LogP contribution in [0.1, 0.15) is 31.1 Å². The van der Waals surface area contributed by atoms with Crippen molar-refractivity contribution in [2.24, 2.45) is 5.41 Å². The summed E-state index contributed by atoms with van der Waals surface area (Å²) < 4.78 is 0.809. The first-order valence-corrected chi connectivity index (χ1v) is 7.93. The van der Waals surface area contributed by atoms with Gasteiger partial charge in [-0.1, -0.05) is 32.9 Å². The molecule has 0 saturated carbocycles. The van der Waals surface area contributed by atoms with Crippen molar-refractivity contribution in [3.8, 4) is 0 Å². The lowest BCUT2D eigenvalue weighted by atomic mass is 9.94. The Morgan fingerprint density at radius 3 is 2.05 bits per heavy atom. The number of nitrogens with zero attached hydrogens (tertiary/aromatic N) is 2. The molecule has 114 valence electrons. The zero-order valence-electron chi connectivity index (χ0n) is 12.7. The van der Waals surface area contributed by atoms with Gasteiger partial charge in [0.25, 0.3) is 5.91 Å². The second-order valence-electron chi connectivity index (χ2n) is 6.31. The first-order valence-electron chi connectivity index (χ1n) is 7.14. The van der Waals surface area contributed by atoms with Crippen LogP contribution in [0.4, 0.5) is 0 Å². The fraction of sp³-hybridized carbons (Fsp3) is 0.500. The highest BCUT2D eigenvalue weighted by Gasteiger charge is 2.31. The van der Waals surface area contributed by atoms with Gasteiger partial charge in [0, 0.05) is 36.1 Å². The number of halogens is 1. The van der Waals surface area contributed by atoms with Gasteiger partial charge in [-0.05, 0) is 28.1 Å². The molecule has 2 rings (SSSR count). The predicted octanol–water partition coefficient (Wildman–Crippen LogP) is 2.78. The van der Waals surface area contributed by atoms with Gasteiger partial charge in [0.2, 0.25) is 5.91 Å². The van der Waals surface area contributed by atoms with Crippen molar-refractivity contribution in [2.45, 2.75) is 20.8 Å². The molecule has 0 N–H and O–H groups in total. The van der Waals surface area contributed by atoms with Gasteiger partial charge in [-0.25, -0.2) is 0 Å². The topological polar surface area (TPSA) is 40.6 Å². The van der Waals surface area contributed by atoms with Crippen molar-refractivity contribution < 1.29 is 9.59 Å². The summed E-state index contributed by atoms with van der Waals surface area (Å²) in [5.41, 5.74) is 0.308. The molecule has 1 aliphatic heterocycles. The number of rotatable bonds is 1. The molecular weight excluding hydrogens is 332 g/mol. The van der Waals surface area contributed by atoms with Crippen molar-refractivity contribution in [3.05, 3.63) is 34.3 Å². The van der Waals surface area contributed by atoms with E-state index in [0.717, 1.165) is 4.47 Å². The SMILES string of the molecule is CC(C)(C)C(=O)N1CCN(C(=O)c2ccccc2Br)CC1. The fourth-order valence-electron chi connectivity index (χ4n) is 2.39. The van der Waals surface area contributed by atoms with E-state index in [1.54, 1.807) is 0 Å².